The smallest absolute Gasteiger partial charge is 0.354 e. The van der Waals surface area contributed by atoms with Crippen LogP contribution in [0.25, 0.3) is 11.0 Å². The topological polar surface area (TPSA) is 71.2 Å². The van der Waals surface area contributed by atoms with Gasteiger partial charge in [0.25, 0.3) is 0 Å². The van der Waals surface area contributed by atoms with Crippen LogP contribution in [-0.2, 0) is 0 Å². The summed E-state index contributed by atoms with van der Waals surface area (Å²) in [6.07, 6.45) is 4.83. The van der Waals surface area contributed by atoms with Crippen LogP contribution in [0.5, 0.6) is 0 Å². The van der Waals surface area contributed by atoms with Crippen LogP contribution in [-0.4, -0.2) is 38.8 Å². The molecule has 3 heterocycles. The minimum absolute atomic E-state index is 0.126. The highest BCUT2D eigenvalue weighted by atomic mass is 35.5. The molecular weight excluding hydrogens is 268 g/mol. The average Bonchev–Trinajstić information content (AvgIpc) is 2.78. The molecule has 2 aromatic heterocycles. The van der Waals surface area contributed by atoms with Gasteiger partial charge in [-0.2, -0.15) is 4.98 Å². The van der Waals surface area contributed by atoms with E-state index in [0.29, 0.717) is 11.0 Å². The Balaban J connectivity index is 2.20. The van der Waals surface area contributed by atoms with Crippen LogP contribution in [0.2, 0.25) is 5.28 Å². The fourth-order valence-corrected chi connectivity index (χ4v) is 2.60. The Morgan fingerprint density at radius 2 is 2.05 bits per heavy atom. The second kappa shape index (κ2) is 4.70. The van der Waals surface area contributed by atoms with Gasteiger partial charge in [0.2, 0.25) is 5.28 Å². The number of hydrogen-bond donors (Lipinski definition) is 1. The van der Waals surface area contributed by atoms with Crippen LogP contribution in [0.4, 0.5) is 0 Å². The summed E-state index contributed by atoms with van der Waals surface area (Å²) in [5, 5.41) is 12.2. The molecule has 0 aliphatic carbocycles. The summed E-state index contributed by atoms with van der Waals surface area (Å²) in [6.45, 7) is 1.65. The zero-order chi connectivity index (χ0) is 13.4. The Morgan fingerprint density at radius 1 is 1.32 bits per heavy atom. The average molecular weight is 281 g/mol. The SMILES string of the molecule is O=C(O)c1cc2cnc(Cl)nc2n1N1CCCCC1. The van der Waals surface area contributed by atoms with E-state index in [1.54, 1.807) is 16.9 Å². The number of fused-ring (bicyclic) bond motifs is 1. The van der Waals surface area contributed by atoms with Crippen LogP contribution in [0, 0.1) is 0 Å². The summed E-state index contributed by atoms with van der Waals surface area (Å²) in [6, 6.07) is 1.59. The van der Waals surface area contributed by atoms with E-state index in [0.717, 1.165) is 25.9 Å². The van der Waals surface area contributed by atoms with Gasteiger partial charge in [0.15, 0.2) is 11.3 Å². The van der Waals surface area contributed by atoms with E-state index >= 15 is 0 Å². The van der Waals surface area contributed by atoms with Crippen LogP contribution in [0.15, 0.2) is 12.3 Å². The molecule has 1 aliphatic rings. The molecule has 1 saturated heterocycles. The molecule has 0 spiro atoms. The summed E-state index contributed by atoms with van der Waals surface area (Å²) in [5.74, 6) is -0.973. The molecule has 0 atom stereocenters. The number of aromatic carboxylic acids is 1. The summed E-state index contributed by atoms with van der Waals surface area (Å²) >= 11 is 5.82. The summed E-state index contributed by atoms with van der Waals surface area (Å²) in [4.78, 5) is 19.5. The number of piperidine rings is 1. The highest BCUT2D eigenvalue weighted by molar-refractivity contribution is 6.28. The van der Waals surface area contributed by atoms with Crippen LogP contribution in [0.3, 0.4) is 0 Å². The van der Waals surface area contributed by atoms with Crippen molar-refractivity contribution in [1.82, 2.24) is 14.6 Å². The molecule has 0 saturated carbocycles. The van der Waals surface area contributed by atoms with E-state index in [4.69, 9.17) is 11.6 Å². The van der Waals surface area contributed by atoms with Gasteiger partial charge in [0.05, 0.1) is 0 Å². The third-order valence-corrected chi connectivity index (χ3v) is 3.50. The first-order valence-electron chi connectivity index (χ1n) is 6.19. The molecule has 19 heavy (non-hydrogen) atoms. The number of carboxylic acids is 1. The first kappa shape index (κ1) is 12.2. The minimum Gasteiger partial charge on any atom is -0.477 e. The fourth-order valence-electron chi connectivity index (χ4n) is 2.47. The maximum atomic E-state index is 11.4. The van der Waals surface area contributed by atoms with Gasteiger partial charge in [-0.15, -0.1) is 0 Å². The number of hydrogen-bond acceptors (Lipinski definition) is 4. The van der Waals surface area contributed by atoms with Gasteiger partial charge in [-0.3, -0.25) is 0 Å². The molecule has 7 heteroatoms. The Morgan fingerprint density at radius 3 is 2.74 bits per heavy atom. The number of aromatic nitrogens is 3. The van der Waals surface area contributed by atoms with E-state index in [1.165, 1.54) is 6.42 Å². The molecule has 1 aliphatic heterocycles. The molecular formula is C12H13ClN4O2. The molecule has 3 rings (SSSR count). The molecule has 0 unspecified atom stereocenters. The normalized spacial score (nSPS) is 15.9. The lowest BCUT2D eigenvalue weighted by Gasteiger charge is -2.30. The number of rotatable bonds is 2. The number of nitrogens with zero attached hydrogens (tertiary/aromatic N) is 4. The van der Waals surface area contributed by atoms with Crippen molar-refractivity contribution in [1.29, 1.82) is 0 Å². The van der Waals surface area contributed by atoms with Gasteiger partial charge < -0.3 is 10.1 Å². The van der Waals surface area contributed by atoms with Crippen molar-refractivity contribution in [3.8, 4) is 0 Å². The zero-order valence-electron chi connectivity index (χ0n) is 10.2. The fraction of sp³-hybridized carbons (Fsp3) is 0.417. The number of halogens is 1. The van der Waals surface area contributed by atoms with Crippen molar-refractivity contribution in [2.24, 2.45) is 0 Å². The Hall–Kier alpha value is -1.82. The molecule has 0 aromatic carbocycles. The largest absolute Gasteiger partial charge is 0.477 e. The Labute approximate surface area is 114 Å². The first-order chi connectivity index (χ1) is 9.16. The highest BCUT2D eigenvalue weighted by Crippen LogP contribution is 2.21. The van der Waals surface area contributed by atoms with E-state index < -0.39 is 5.97 Å². The molecule has 0 radical (unpaired) electrons. The third-order valence-electron chi connectivity index (χ3n) is 3.32. The molecule has 6 nitrogen and oxygen atoms in total. The van der Waals surface area contributed by atoms with Crippen LogP contribution < -0.4 is 5.01 Å². The second-order valence-electron chi connectivity index (χ2n) is 4.58. The van der Waals surface area contributed by atoms with Crippen LogP contribution >= 0.6 is 11.6 Å². The van der Waals surface area contributed by atoms with E-state index in [9.17, 15) is 9.90 Å². The predicted octanol–water partition coefficient (Wildman–Crippen LogP) is 1.90. The van der Waals surface area contributed by atoms with Gasteiger partial charge in [0, 0.05) is 24.7 Å². The Bertz CT molecular complexity index is 634. The van der Waals surface area contributed by atoms with Gasteiger partial charge in [-0.25, -0.2) is 14.5 Å². The molecule has 2 aromatic rings. The van der Waals surface area contributed by atoms with Crippen molar-refractivity contribution in [3.05, 3.63) is 23.2 Å². The van der Waals surface area contributed by atoms with Gasteiger partial charge in [0.1, 0.15) is 0 Å². The zero-order valence-corrected chi connectivity index (χ0v) is 11.0. The Kier molecular flexibility index (Phi) is 3.02. The lowest BCUT2D eigenvalue weighted by Crippen LogP contribution is -2.40. The summed E-state index contributed by atoms with van der Waals surface area (Å²) in [7, 11) is 0. The monoisotopic (exact) mass is 280 g/mol. The van der Waals surface area contributed by atoms with Crippen molar-refractivity contribution < 1.29 is 9.90 Å². The molecule has 1 N–H and O–H groups in total. The van der Waals surface area contributed by atoms with Crippen molar-refractivity contribution in [2.75, 3.05) is 18.1 Å². The lowest BCUT2D eigenvalue weighted by atomic mass is 10.2. The first-order valence-corrected chi connectivity index (χ1v) is 6.57. The molecule has 100 valence electrons. The maximum absolute atomic E-state index is 11.4. The summed E-state index contributed by atoms with van der Waals surface area (Å²) < 4.78 is 1.66. The molecule has 1 fully saturated rings. The third kappa shape index (κ3) is 2.12. The predicted molar refractivity (Wildman–Crippen MR) is 71.3 cm³/mol. The second-order valence-corrected chi connectivity index (χ2v) is 4.92. The number of carboxylic acid groups (broad SMARTS) is 1. The quantitative estimate of drug-likeness (QED) is 0.851. The van der Waals surface area contributed by atoms with Crippen LogP contribution in [0.1, 0.15) is 29.8 Å². The van der Waals surface area contributed by atoms with E-state index in [2.05, 4.69) is 9.97 Å². The van der Waals surface area contributed by atoms with Gasteiger partial charge >= 0.3 is 5.97 Å². The minimum atomic E-state index is -0.973. The number of carbonyl (C=O) groups is 1. The van der Waals surface area contributed by atoms with Crippen molar-refractivity contribution in [2.45, 2.75) is 19.3 Å². The van der Waals surface area contributed by atoms with Gasteiger partial charge in [-0.1, -0.05) is 0 Å². The highest BCUT2D eigenvalue weighted by Gasteiger charge is 2.22. The van der Waals surface area contributed by atoms with E-state index in [-0.39, 0.29) is 11.0 Å². The molecule has 0 bridgehead atoms. The molecule has 0 amide bonds. The van der Waals surface area contributed by atoms with Crippen molar-refractivity contribution in [3.63, 3.8) is 0 Å². The standard InChI is InChI=1S/C12H13ClN4O2/c13-12-14-7-8-6-9(11(18)19)17(10(8)15-12)16-4-2-1-3-5-16/h6-7H,1-5H2,(H,18,19). The maximum Gasteiger partial charge on any atom is 0.354 e. The lowest BCUT2D eigenvalue weighted by molar-refractivity contribution is 0.0684. The van der Waals surface area contributed by atoms with Crippen molar-refractivity contribution >= 4 is 28.6 Å². The van der Waals surface area contributed by atoms with E-state index in [1.807, 2.05) is 5.01 Å². The summed E-state index contributed by atoms with van der Waals surface area (Å²) in [5.41, 5.74) is 0.757. The van der Waals surface area contributed by atoms with Gasteiger partial charge in [-0.05, 0) is 36.9 Å².